The summed E-state index contributed by atoms with van der Waals surface area (Å²) >= 11 is 0. The normalized spacial score (nSPS) is 0. The van der Waals surface area contributed by atoms with E-state index in [9.17, 15) is 0 Å². The average Bonchev–Trinajstić information content (AvgIpc) is 0. The minimum atomic E-state index is 0. The maximum atomic E-state index is 0. The van der Waals surface area contributed by atoms with Gasteiger partial charge in [0.1, 0.15) is 0 Å². The zero-order valence-corrected chi connectivity index (χ0v) is 5.68. The van der Waals surface area contributed by atoms with E-state index >= 15 is 0 Å². The average molecular weight is 170 g/mol. The molecule has 0 bridgehead atoms. The Kier molecular flexibility index (Phi) is 141000. The van der Waals surface area contributed by atoms with Gasteiger partial charge >= 0.3 is 0 Å². The molecular formula is H12O6P2. The molecule has 0 saturated heterocycles. The fourth-order valence-electron chi connectivity index (χ4n) is 0. The van der Waals surface area contributed by atoms with Crippen molar-refractivity contribution in [3.8, 4) is 0 Å². The van der Waals surface area contributed by atoms with Crippen LogP contribution >= 0.6 is 19.8 Å². The van der Waals surface area contributed by atoms with Crippen LogP contribution in [-0.4, -0.2) is 32.9 Å². The Morgan fingerprint density at radius 2 is 0.250 bits per heavy atom. The fraction of sp³-hybridized carbons (Fsp3) is 0. The second kappa shape index (κ2) is 869. The maximum absolute atomic E-state index is 0. The van der Waals surface area contributed by atoms with Gasteiger partial charge in [0.05, 0.1) is 0 Å². The highest BCUT2D eigenvalue weighted by molar-refractivity contribution is 6.92. The molecule has 58 valence electrons. The van der Waals surface area contributed by atoms with Crippen LogP contribution < -0.4 is 0 Å². The first kappa shape index (κ1) is 1300. The summed E-state index contributed by atoms with van der Waals surface area (Å²) in [6.07, 6.45) is 0. The summed E-state index contributed by atoms with van der Waals surface area (Å²) in [5.74, 6) is 0. The topological polar surface area (TPSA) is 189 Å². The minimum Gasteiger partial charge on any atom is -0.412 e. The largest absolute Gasteiger partial charge is 0.412 e. The molecule has 0 amide bonds. The van der Waals surface area contributed by atoms with Gasteiger partial charge in [-0.3, -0.25) is 0 Å². The highest BCUT2D eigenvalue weighted by atomic mass is 31.0. The van der Waals surface area contributed by atoms with E-state index in [1.807, 2.05) is 0 Å². The molecule has 0 heterocycles. The second-order valence-corrected chi connectivity index (χ2v) is 0. The van der Waals surface area contributed by atoms with Crippen molar-refractivity contribution >= 4 is 19.8 Å². The Morgan fingerprint density at radius 1 is 0.250 bits per heavy atom. The quantitative estimate of drug-likeness (QED) is 0.330. The van der Waals surface area contributed by atoms with Gasteiger partial charge in [-0.25, -0.2) is 0 Å². The standard InChI is InChI=1S/6H2O.2P/h6*1H2;;. The van der Waals surface area contributed by atoms with Crippen LogP contribution in [-0.2, 0) is 0 Å². The molecule has 0 atom stereocenters. The van der Waals surface area contributed by atoms with Gasteiger partial charge < -0.3 is 32.9 Å². The van der Waals surface area contributed by atoms with Crippen molar-refractivity contribution in [2.24, 2.45) is 0 Å². The van der Waals surface area contributed by atoms with E-state index in [2.05, 4.69) is 0 Å². The molecular weight excluding hydrogens is 158 g/mol. The third-order valence-corrected chi connectivity index (χ3v) is 0. The minimum absolute atomic E-state index is 0. The van der Waals surface area contributed by atoms with Crippen LogP contribution in [0.5, 0.6) is 0 Å². The van der Waals surface area contributed by atoms with Crippen LogP contribution in [0.1, 0.15) is 0 Å². The molecule has 8 heteroatoms. The van der Waals surface area contributed by atoms with E-state index in [1.165, 1.54) is 0 Å². The summed E-state index contributed by atoms with van der Waals surface area (Å²) in [4.78, 5) is 0. The van der Waals surface area contributed by atoms with Gasteiger partial charge in [0.15, 0.2) is 0 Å². The Hall–Kier alpha value is 0.620. The Balaban J connectivity index is 0. The zero-order chi connectivity index (χ0) is 0. The van der Waals surface area contributed by atoms with E-state index < -0.39 is 0 Å². The lowest BCUT2D eigenvalue weighted by molar-refractivity contribution is 0.823. The van der Waals surface area contributed by atoms with Gasteiger partial charge in [0.2, 0.25) is 0 Å². The molecule has 8 heavy (non-hydrogen) atoms. The first-order valence-electron chi connectivity index (χ1n) is 0. The van der Waals surface area contributed by atoms with E-state index in [0.29, 0.717) is 0 Å². The summed E-state index contributed by atoms with van der Waals surface area (Å²) in [5.41, 5.74) is 0. The molecule has 0 unspecified atom stereocenters. The van der Waals surface area contributed by atoms with E-state index in [0.717, 1.165) is 0 Å². The first-order valence-corrected chi connectivity index (χ1v) is 0. The highest BCUT2D eigenvalue weighted by Gasteiger charge is 0.00103. The molecule has 0 saturated carbocycles. The molecule has 0 spiro atoms. The van der Waals surface area contributed by atoms with Crippen LogP contribution in [0.3, 0.4) is 0 Å². The lowest BCUT2D eigenvalue weighted by atomic mass is 16.0. The predicted molar refractivity (Wildman–Crippen MR) is 35.5 cm³/mol. The Labute approximate surface area is 53.8 Å². The van der Waals surface area contributed by atoms with Crippen molar-refractivity contribution in [2.45, 2.75) is 0 Å². The van der Waals surface area contributed by atoms with Gasteiger partial charge in [-0.05, 0) is 0 Å². The van der Waals surface area contributed by atoms with E-state index in [-0.39, 0.29) is 52.7 Å². The summed E-state index contributed by atoms with van der Waals surface area (Å²) in [6, 6.07) is 0. The van der Waals surface area contributed by atoms with Gasteiger partial charge in [0.25, 0.3) is 0 Å². The summed E-state index contributed by atoms with van der Waals surface area (Å²) < 4.78 is 0. The first-order chi connectivity index (χ1) is 0. The maximum Gasteiger partial charge on any atom is 0 e. The number of rotatable bonds is 0. The van der Waals surface area contributed by atoms with Crippen LogP contribution in [0, 0.1) is 0 Å². The van der Waals surface area contributed by atoms with Crippen molar-refractivity contribution in [1.29, 1.82) is 0 Å². The smallest absolute Gasteiger partial charge is 0 e. The molecule has 0 aliphatic rings. The molecule has 0 aromatic rings. The molecule has 0 aliphatic heterocycles. The van der Waals surface area contributed by atoms with Crippen LogP contribution in [0.2, 0.25) is 0 Å². The Bertz CT molecular complexity index is 6.49. The SMILES string of the molecule is O.O.O.O.O.O.[P].[P]. The molecule has 0 aromatic carbocycles. The van der Waals surface area contributed by atoms with Crippen LogP contribution in [0.4, 0.5) is 0 Å². The molecule has 0 aromatic heterocycles. The molecule has 6 nitrogen and oxygen atoms in total. The molecule has 6 radical (unpaired) electrons. The predicted octanol–water partition coefficient (Wildman–Crippen LogP) is -3.23. The van der Waals surface area contributed by atoms with Crippen LogP contribution in [0.25, 0.3) is 0 Å². The van der Waals surface area contributed by atoms with Gasteiger partial charge in [-0.2, -0.15) is 0 Å². The zero-order valence-electron chi connectivity index (χ0n) is 3.89. The molecule has 0 rings (SSSR count). The monoisotopic (exact) mass is 170 g/mol. The van der Waals surface area contributed by atoms with Crippen molar-refractivity contribution in [2.75, 3.05) is 0 Å². The third kappa shape index (κ3) is 544. The molecule has 12 N–H and O–H groups in total. The van der Waals surface area contributed by atoms with Crippen molar-refractivity contribution in [1.82, 2.24) is 0 Å². The summed E-state index contributed by atoms with van der Waals surface area (Å²) in [5, 5.41) is 0. The molecule has 0 aliphatic carbocycles. The van der Waals surface area contributed by atoms with Gasteiger partial charge in [-0.1, -0.05) is 0 Å². The van der Waals surface area contributed by atoms with Crippen molar-refractivity contribution < 1.29 is 32.9 Å². The third-order valence-electron chi connectivity index (χ3n) is 0. The van der Waals surface area contributed by atoms with Gasteiger partial charge in [0, 0.05) is 19.8 Å². The Morgan fingerprint density at radius 3 is 0.250 bits per heavy atom. The second-order valence-electron chi connectivity index (χ2n) is 0. The van der Waals surface area contributed by atoms with E-state index in [4.69, 9.17) is 0 Å². The molecule has 0 fully saturated rings. The van der Waals surface area contributed by atoms with Crippen molar-refractivity contribution in [3.05, 3.63) is 0 Å². The van der Waals surface area contributed by atoms with Gasteiger partial charge in [-0.15, -0.1) is 0 Å². The highest BCUT2D eigenvalue weighted by Crippen LogP contribution is 0.862. The number of hydrogen-bond donors (Lipinski definition) is 0. The van der Waals surface area contributed by atoms with Crippen LogP contribution in [0.15, 0.2) is 0 Å². The summed E-state index contributed by atoms with van der Waals surface area (Å²) in [7, 11) is 0. The number of hydrogen-bond acceptors (Lipinski definition) is 0. The lowest BCUT2D eigenvalue weighted by Gasteiger charge is -0.413. The fourth-order valence-corrected chi connectivity index (χ4v) is 0. The summed E-state index contributed by atoms with van der Waals surface area (Å²) in [6.45, 7) is 0. The van der Waals surface area contributed by atoms with Crippen molar-refractivity contribution in [3.63, 3.8) is 0 Å². The van der Waals surface area contributed by atoms with E-state index in [1.54, 1.807) is 0 Å². The lowest BCUT2D eigenvalue weighted by Crippen LogP contribution is -0.290.